The maximum atomic E-state index is 2.89. The van der Waals surface area contributed by atoms with Crippen LogP contribution in [0.3, 0.4) is 0 Å². The monoisotopic (exact) mass is 904 g/mol. The quantitative estimate of drug-likeness (QED) is 0.137. The molecule has 23 aliphatic rings. The van der Waals surface area contributed by atoms with E-state index in [1.807, 2.05) is 203 Å². The molecule has 1 aliphatic heterocycles. The zero-order valence-corrected chi connectivity index (χ0v) is 39.5. The van der Waals surface area contributed by atoms with Gasteiger partial charge in [-0.25, -0.2) is 0 Å². The average molecular weight is 905 g/mol. The van der Waals surface area contributed by atoms with Gasteiger partial charge in [0, 0.05) is 10.3 Å². The van der Waals surface area contributed by atoms with Gasteiger partial charge in [0.1, 0.15) is 0 Å². The normalized spacial score (nSPS) is 47.7. The molecule has 318 valence electrons. The fourth-order valence-corrected chi connectivity index (χ4v) is 34.4. The predicted octanol–water partition coefficient (Wildman–Crippen LogP) is 15.8. The summed E-state index contributed by atoms with van der Waals surface area (Å²) in [7, 11) is 0. The van der Waals surface area contributed by atoms with Crippen molar-refractivity contribution in [2.24, 2.45) is 11.8 Å². The summed E-state index contributed by atoms with van der Waals surface area (Å²) in [6.45, 7) is 7.52. The molecule has 22 unspecified atom stereocenters. The van der Waals surface area contributed by atoms with Crippen molar-refractivity contribution in [1.82, 2.24) is 0 Å². The molecule has 0 bridgehead atoms. The maximum Gasteiger partial charge on any atom is 0.0645 e. The van der Waals surface area contributed by atoms with Gasteiger partial charge < -0.3 is 0 Å². The molecule has 22 atom stereocenters. The van der Waals surface area contributed by atoms with E-state index in [0.717, 1.165) is 0 Å². The first-order valence-electron chi connectivity index (χ1n) is 29.1. The summed E-state index contributed by atoms with van der Waals surface area (Å²) in [5.41, 5.74) is 48.1. The van der Waals surface area contributed by atoms with Crippen molar-refractivity contribution in [1.29, 1.82) is 0 Å². The van der Waals surface area contributed by atoms with E-state index in [0.29, 0.717) is 118 Å². The standard InChI is InChI=1S/C70H32S/c1-68(2,3)7-4-5-8-9(6-7)71-70-66-60-54-44-32-24-16-12-10-11-14-18(16)26(32)36-30-22(14)23-15(11)19-17-13(10)21-20(12)28-34(24)42-48-38(28)39-29(21)35-25(17)33-27(19)37-31(23)41-40(30)52(46(36)54)62(66)63-53(41)47(37)55-45(33)51-43(35)49(39)57-56(48)64(58(60)50(42)44)69(8,70)65(57)59(51)61(55)67(63)70/h4-6,12,14,16,18,20,22,28,30,38-41,49,53,57,59,61,63,65,67H,1-3H3. The van der Waals surface area contributed by atoms with Crippen LogP contribution in [0.2, 0.25) is 0 Å². The van der Waals surface area contributed by atoms with Crippen molar-refractivity contribution >= 4 is 97.9 Å². The minimum Gasteiger partial charge on any atom is -0.112 e. The highest BCUT2D eigenvalue weighted by Crippen LogP contribution is 3.01. The Morgan fingerprint density at radius 2 is 0.634 bits per heavy atom. The van der Waals surface area contributed by atoms with Gasteiger partial charge in [-0.2, -0.15) is 0 Å². The number of hydrogen-bond donors (Lipinski definition) is 0. The number of rotatable bonds is 0. The Hall–Kier alpha value is -5.37. The Morgan fingerprint density at radius 1 is 0.324 bits per heavy atom. The summed E-state index contributed by atoms with van der Waals surface area (Å²) in [6.07, 6.45) is 0. The Morgan fingerprint density at radius 3 is 1.07 bits per heavy atom. The van der Waals surface area contributed by atoms with E-state index >= 15 is 0 Å². The van der Waals surface area contributed by atoms with Crippen molar-refractivity contribution in [3.05, 3.63) is 141 Å². The Kier molecular flexibility index (Phi) is 2.66. The molecule has 11 aromatic rings. The minimum absolute atomic E-state index is 0.0248. The van der Waals surface area contributed by atoms with Crippen LogP contribution in [0.1, 0.15) is 250 Å². The first-order valence-corrected chi connectivity index (χ1v) is 29.9. The fraction of sp³-hybridized carbons (Fsp3) is 0.371. The Balaban J connectivity index is 1.01. The van der Waals surface area contributed by atoms with Gasteiger partial charge in [-0.15, -0.1) is 11.8 Å². The molecule has 71 heavy (non-hydrogen) atoms. The molecule has 0 N–H and O–H groups in total. The van der Waals surface area contributed by atoms with E-state index in [-0.39, 0.29) is 15.6 Å². The smallest absolute Gasteiger partial charge is 0.0645 e. The van der Waals surface area contributed by atoms with Gasteiger partial charge in [-0.05, 0) is 350 Å². The van der Waals surface area contributed by atoms with Gasteiger partial charge in [-0.1, -0.05) is 32.9 Å². The highest BCUT2D eigenvalue weighted by Gasteiger charge is 2.89. The second-order valence-electron chi connectivity index (χ2n) is 31.1. The van der Waals surface area contributed by atoms with E-state index in [2.05, 4.69) is 61.9 Å². The molecule has 0 nitrogen and oxygen atoms in total. The highest BCUT2D eigenvalue weighted by atomic mass is 32.2. The lowest BCUT2D eigenvalue weighted by molar-refractivity contribution is 0.0341. The molecule has 34 rings (SSSR count). The molecule has 0 aromatic heterocycles. The lowest BCUT2D eigenvalue weighted by Gasteiger charge is -2.65. The molecule has 1 heterocycles. The van der Waals surface area contributed by atoms with Crippen LogP contribution >= 0.6 is 11.8 Å². The topological polar surface area (TPSA) is 0 Å². The van der Waals surface area contributed by atoms with E-state index in [9.17, 15) is 0 Å². The molecular formula is C70H32S. The SMILES string of the molecule is CC(C)(C)c1ccc2c(c1)SC13c4c5c6c7c8c9c%10c%11c%12c%13c%14c%15c(c%16c%13c%10c7c4-%16)C21C1C%15C2c4c7c%10c%13c%15c%16c%17c%18c%19c%20c%21c%22c%23c(c4c4c%22c%19c%16c%104)C2C%14C%12C%23C%21C%11C9C%20C%18C8C6C%17C%15C5C3C%13C71. The molecule has 11 aromatic carbocycles. The van der Waals surface area contributed by atoms with Crippen LogP contribution < -0.4 is 0 Å². The summed E-state index contributed by atoms with van der Waals surface area (Å²) in [6, 6.07) is 8.45. The second-order valence-corrected chi connectivity index (χ2v) is 32.4. The lowest BCUT2D eigenvalue weighted by Crippen LogP contribution is -2.62. The first-order chi connectivity index (χ1) is 35.0. The molecule has 1 heteroatoms. The molecule has 1 fully saturated rings. The van der Waals surface area contributed by atoms with Crippen LogP contribution in [0.5, 0.6) is 0 Å². The van der Waals surface area contributed by atoms with Crippen LogP contribution in [-0.4, -0.2) is 0 Å². The molecule has 1 saturated carbocycles. The summed E-state index contributed by atoms with van der Waals surface area (Å²) in [4.78, 5) is 1.74. The number of benzene rings is 10. The Bertz CT molecular complexity index is 5530. The number of thioether (sulfide) groups is 1. The highest BCUT2D eigenvalue weighted by molar-refractivity contribution is 8.00. The van der Waals surface area contributed by atoms with Gasteiger partial charge in [-0.3, -0.25) is 0 Å². The lowest BCUT2D eigenvalue weighted by atomic mass is 9.39. The largest absolute Gasteiger partial charge is 0.112 e. The minimum atomic E-state index is 0.0248. The molecule has 2 spiro atoms. The van der Waals surface area contributed by atoms with E-state index in [4.69, 9.17) is 0 Å². The van der Waals surface area contributed by atoms with Gasteiger partial charge >= 0.3 is 0 Å². The van der Waals surface area contributed by atoms with Crippen LogP contribution in [0.15, 0.2) is 23.1 Å². The number of hydrogen-bond acceptors (Lipinski definition) is 1. The van der Waals surface area contributed by atoms with Crippen LogP contribution in [0, 0.1) is 11.8 Å². The summed E-state index contributed by atoms with van der Waals surface area (Å²) in [5, 5.41) is 30.7. The maximum absolute atomic E-state index is 2.89. The van der Waals surface area contributed by atoms with Gasteiger partial charge in [0.25, 0.3) is 0 Å². The van der Waals surface area contributed by atoms with Crippen molar-refractivity contribution < 1.29 is 0 Å². The van der Waals surface area contributed by atoms with Crippen LogP contribution in [0.4, 0.5) is 0 Å². The third-order valence-corrected chi connectivity index (χ3v) is 32.7. The van der Waals surface area contributed by atoms with Crippen molar-refractivity contribution in [3.63, 3.8) is 0 Å². The van der Waals surface area contributed by atoms with Crippen molar-refractivity contribution in [3.8, 4) is 11.1 Å². The zero-order valence-electron chi connectivity index (χ0n) is 38.7. The third-order valence-electron chi connectivity index (χ3n) is 31.1. The predicted molar refractivity (Wildman–Crippen MR) is 275 cm³/mol. The summed E-state index contributed by atoms with van der Waals surface area (Å²) in [5.74, 6) is 13.4. The van der Waals surface area contributed by atoms with Crippen LogP contribution in [0.25, 0.3) is 97.3 Å². The van der Waals surface area contributed by atoms with E-state index in [1.165, 1.54) is 0 Å². The number of fused-ring (bicyclic) bond motifs is 1. The molecule has 22 aliphatic carbocycles. The van der Waals surface area contributed by atoms with Gasteiger partial charge in [0.15, 0.2) is 0 Å². The van der Waals surface area contributed by atoms with E-state index in [1.54, 1.807) is 10.5 Å². The van der Waals surface area contributed by atoms with Gasteiger partial charge in [0.2, 0.25) is 0 Å². The molecule has 0 saturated heterocycles. The fourth-order valence-electron chi connectivity index (χ4n) is 32.3. The second kappa shape index (κ2) is 6.57. The van der Waals surface area contributed by atoms with Crippen LogP contribution in [-0.2, 0) is 15.6 Å². The average Bonchev–Trinajstić information content (AvgIpc) is 4.37. The summed E-state index contributed by atoms with van der Waals surface area (Å²) < 4.78 is 0.0549. The Labute approximate surface area is 406 Å². The molecular weight excluding hydrogens is 873 g/mol. The molecule has 0 amide bonds. The third kappa shape index (κ3) is 1.60. The van der Waals surface area contributed by atoms with Crippen molar-refractivity contribution in [2.45, 2.75) is 148 Å². The molecule has 0 radical (unpaired) electrons. The first kappa shape index (κ1) is 28.8. The van der Waals surface area contributed by atoms with Gasteiger partial charge in [0.05, 0.1) is 4.75 Å². The van der Waals surface area contributed by atoms with E-state index < -0.39 is 0 Å². The zero-order chi connectivity index (χ0) is 42.5. The van der Waals surface area contributed by atoms with Crippen molar-refractivity contribution in [2.75, 3.05) is 0 Å². The summed E-state index contributed by atoms with van der Waals surface area (Å²) >= 11 is 2.59.